The molecular formula is C12H26N2O. The van der Waals surface area contributed by atoms with Gasteiger partial charge in [-0.15, -0.1) is 0 Å². The molecule has 1 aliphatic rings. The molecule has 1 saturated heterocycles. The van der Waals surface area contributed by atoms with Crippen LogP contribution in [0.15, 0.2) is 0 Å². The van der Waals surface area contributed by atoms with E-state index in [2.05, 4.69) is 11.8 Å². The van der Waals surface area contributed by atoms with Gasteiger partial charge in [-0.1, -0.05) is 6.42 Å². The van der Waals surface area contributed by atoms with Crippen LogP contribution in [0.1, 0.15) is 39.5 Å². The molecule has 1 heterocycles. The number of nitrogens with two attached hydrogens (primary N) is 1. The molecule has 2 unspecified atom stereocenters. The van der Waals surface area contributed by atoms with E-state index >= 15 is 0 Å². The first kappa shape index (κ1) is 12.9. The molecule has 0 spiro atoms. The Morgan fingerprint density at radius 3 is 2.87 bits per heavy atom. The van der Waals surface area contributed by atoms with Crippen LogP contribution in [-0.2, 0) is 4.74 Å². The third-order valence-electron chi connectivity index (χ3n) is 3.34. The van der Waals surface area contributed by atoms with Gasteiger partial charge < -0.3 is 15.4 Å². The predicted octanol–water partition coefficient (Wildman–Crippen LogP) is 1.61. The molecule has 1 aliphatic heterocycles. The summed E-state index contributed by atoms with van der Waals surface area (Å²) in [5.41, 5.74) is 5.67. The van der Waals surface area contributed by atoms with Gasteiger partial charge in [-0.2, -0.15) is 0 Å². The van der Waals surface area contributed by atoms with Crippen molar-refractivity contribution >= 4 is 0 Å². The minimum Gasteiger partial charge on any atom is -0.377 e. The van der Waals surface area contributed by atoms with E-state index in [4.69, 9.17) is 10.5 Å². The highest BCUT2D eigenvalue weighted by Gasteiger charge is 2.18. The Labute approximate surface area is 94.0 Å². The zero-order valence-electron chi connectivity index (χ0n) is 10.2. The van der Waals surface area contributed by atoms with Crippen molar-refractivity contribution < 1.29 is 4.74 Å². The normalized spacial score (nSPS) is 25.4. The lowest BCUT2D eigenvalue weighted by atomic mass is 10.0. The first-order chi connectivity index (χ1) is 7.27. The molecule has 0 aromatic rings. The fourth-order valence-corrected chi connectivity index (χ4v) is 2.30. The molecule has 0 aromatic heterocycles. The molecule has 0 amide bonds. The van der Waals surface area contributed by atoms with Gasteiger partial charge in [0.2, 0.25) is 0 Å². The summed E-state index contributed by atoms with van der Waals surface area (Å²) in [4.78, 5) is 2.57. The van der Waals surface area contributed by atoms with Gasteiger partial charge in [0.05, 0.1) is 6.10 Å². The molecule has 1 fully saturated rings. The number of ether oxygens (including phenoxy) is 1. The number of piperidine rings is 1. The average molecular weight is 214 g/mol. The van der Waals surface area contributed by atoms with Crippen LogP contribution in [-0.4, -0.2) is 43.3 Å². The molecule has 0 aromatic carbocycles. The van der Waals surface area contributed by atoms with E-state index in [1.807, 2.05) is 6.92 Å². The van der Waals surface area contributed by atoms with E-state index in [1.54, 1.807) is 0 Å². The van der Waals surface area contributed by atoms with Crippen molar-refractivity contribution in [1.82, 2.24) is 4.90 Å². The van der Waals surface area contributed by atoms with Crippen molar-refractivity contribution in [2.24, 2.45) is 5.73 Å². The molecule has 2 atom stereocenters. The summed E-state index contributed by atoms with van der Waals surface area (Å²) >= 11 is 0. The fraction of sp³-hybridized carbons (Fsp3) is 1.00. The average Bonchev–Trinajstić information content (AvgIpc) is 2.26. The van der Waals surface area contributed by atoms with E-state index in [0.717, 1.165) is 25.6 Å². The fourth-order valence-electron chi connectivity index (χ4n) is 2.30. The van der Waals surface area contributed by atoms with Crippen LogP contribution in [0.25, 0.3) is 0 Å². The van der Waals surface area contributed by atoms with Crippen molar-refractivity contribution in [3.05, 3.63) is 0 Å². The Morgan fingerprint density at radius 1 is 1.47 bits per heavy atom. The topological polar surface area (TPSA) is 38.5 Å². The number of rotatable bonds is 6. The van der Waals surface area contributed by atoms with E-state index in [1.165, 1.54) is 25.8 Å². The Hall–Kier alpha value is -0.120. The van der Waals surface area contributed by atoms with Crippen LogP contribution in [0.3, 0.4) is 0 Å². The molecular weight excluding hydrogens is 188 g/mol. The summed E-state index contributed by atoms with van der Waals surface area (Å²) in [7, 11) is 0. The smallest absolute Gasteiger partial charge is 0.0709 e. The third kappa shape index (κ3) is 4.49. The molecule has 90 valence electrons. The largest absolute Gasteiger partial charge is 0.377 e. The lowest BCUT2D eigenvalue weighted by Crippen LogP contribution is -2.40. The Bertz CT molecular complexity index is 164. The van der Waals surface area contributed by atoms with Gasteiger partial charge in [-0.25, -0.2) is 0 Å². The maximum atomic E-state index is 5.67. The molecule has 0 bridgehead atoms. The van der Waals surface area contributed by atoms with Gasteiger partial charge in [-0.05, 0) is 39.7 Å². The molecule has 15 heavy (non-hydrogen) atoms. The van der Waals surface area contributed by atoms with Crippen LogP contribution in [0, 0.1) is 0 Å². The summed E-state index contributed by atoms with van der Waals surface area (Å²) in [5, 5.41) is 0. The summed E-state index contributed by atoms with van der Waals surface area (Å²) in [6.07, 6.45) is 5.43. The summed E-state index contributed by atoms with van der Waals surface area (Å²) in [5.74, 6) is 0. The van der Waals surface area contributed by atoms with Gasteiger partial charge >= 0.3 is 0 Å². The second kappa shape index (κ2) is 7.20. The van der Waals surface area contributed by atoms with Crippen LogP contribution in [0.5, 0.6) is 0 Å². The summed E-state index contributed by atoms with van der Waals surface area (Å²) < 4.78 is 5.57. The highest BCUT2D eigenvalue weighted by atomic mass is 16.5. The van der Waals surface area contributed by atoms with Crippen molar-refractivity contribution in [3.63, 3.8) is 0 Å². The van der Waals surface area contributed by atoms with Crippen molar-refractivity contribution in [1.29, 1.82) is 0 Å². The summed E-state index contributed by atoms with van der Waals surface area (Å²) in [6.45, 7) is 8.19. The second-order valence-corrected chi connectivity index (χ2v) is 4.48. The van der Waals surface area contributed by atoms with Gasteiger partial charge in [0.15, 0.2) is 0 Å². The molecule has 3 nitrogen and oxygen atoms in total. The third-order valence-corrected chi connectivity index (χ3v) is 3.34. The SMILES string of the molecule is CCOC(CN)CCN1CCCCC1C. The minimum absolute atomic E-state index is 0.254. The van der Waals surface area contributed by atoms with Crippen LogP contribution in [0.2, 0.25) is 0 Å². The van der Waals surface area contributed by atoms with Gasteiger partial charge in [-0.3, -0.25) is 0 Å². The number of hydrogen-bond acceptors (Lipinski definition) is 3. The predicted molar refractivity (Wildman–Crippen MR) is 64.0 cm³/mol. The highest BCUT2D eigenvalue weighted by Crippen LogP contribution is 2.16. The Morgan fingerprint density at radius 2 is 2.27 bits per heavy atom. The zero-order valence-corrected chi connectivity index (χ0v) is 10.2. The zero-order chi connectivity index (χ0) is 11.1. The molecule has 0 aliphatic carbocycles. The molecule has 0 saturated carbocycles. The van der Waals surface area contributed by atoms with Gasteiger partial charge in [0, 0.05) is 25.7 Å². The second-order valence-electron chi connectivity index (χ2n) is 4.48. The lowest BCUT2D eigenvalue weighted by Gasteiger charge is -2.34. The van der Waals surface area contributed by atoms with Crippen LogP contribution in [0.4, 0.5) is 0 Å². The van der Waals surface area contributed by atoms with Crippen LogP contribution < -0.4 is 5.73 Å². The highest BCUT2D eigenvalue weighted by molar-refractivity contribution is 4.74. The molecule has 2 N–H and O–H groups in total. The number of hydrogen-bond donors (Lipinski definition) is 1. The van der Waals surface area contributed by atoms with Crippen molar-refractivity contribution in [2.75, 3.05) is 26.2 Å². The van der Waals surface area contributed by atoms with E-state index in [0.29, 0.717) is 6.54 Å². The monoisotopic (exact) mass is 214 g/mol. The maximum absolute atomic E-state index is 5.67. The Balaban J connectivity index is 2.21. The number of nitrogens with zero attached hydrogens (tertiary/aromatic N) is 1. The van der Waals surface area contributed by atoms with Crippen molar-refractivity contribution in [2.45, 2.75) is 51.7 Å². The van der Waals surface area contributed by atoms with E-state index in [9.17, 15) is 0 Å². The quantitative estimate of drug-likeness (QED) is 0.730. The van der Waals surface area contributed by atoms with Crippen LogP contribution >= 0.6 is 0 Å². The number of likely N-dealkylation sites (tertiary alicyclic amines) is 1. The van der Waals surface area contributed by atoms with Gasteiger partial charge in [0.1, 0.15) is 0 Å². The Kier molecular flexibility index (Phi) is 6.22. The summed E-state index contributed by atoms with van der Waals surface area (Å²) in [6, 6.07) is 0.749. The molecule has 0 radical (unpaired) electrons. The van der Waals surface area contributed by atoms with E-state index < -0.39 is 0 Å². The van der Waals surface area contributed by atoms with E-state index in [-0.39, 0.29) is 6.10 Å². The maximum Gasteiger partial charge on any atom is 0.0709 e. The molecule has 3 heteroatoms. The standard InChI is InChI=1S/C12H26N2O/c1-3-15-12(10-13)7-9-14-8-5-4-6-11(14)2/h11-12H,3-10,13H2,1-2H3. The molecule has 1 rings (SSSR count). The van der Waals surface area contributed by atoms with Crippen molar-refractivity contribution in [3.8, 4) is 0 Å². The first-order valence-electron chi connectivity index (χ1n) is 6.33. The minimum atomic E-state index is 0.254. The lowest BCUT2D eigenvalue weighted by molar-refractivity contribution is 0.0465. The van der Waals surface area contributed by atoms with Gasteiger partial charge in [0.25, 0.3) is 0 Å². The first-order valence-corrected chi connectivity index (χ1v) is 6.33.